The Balaban J connectivity index is 2.89. The van der Waals surface area contributed by atoms with Gasteiger partial charge in [0.25, 0.3) is 0 Å². The quantitative estimate of drug-likeness (QED) is 0.765. The molecule has 16 heavy (non-hydrogen) atoms. The predicted molar refractivity (Wildman–Crippen MR) is 66.1 cm³/mol. The first-order valence-electron chi connectivity index (χ1n) is 6.10. The van der Waals surface area contributed by atoms with E-state index in [1.807, 2.05) is 11.9 Å². The first-order chi connectivity index (χ1) is 7.41. The van der Waals surface area contributed by atoms with Crippen LogP contribution in [0.15, 0.2) is 0 Å². The highest BCUT2D eigenvalue weighted by atomic mass is 16.2. The van der Waals surface area contributed by atoms with Crippen LogP contribution in [0.25, 0.3) is 0 Å². The summed E-state index contributed by atoms with van der Waals surface area (Å²) >= 11 is 0. The van der Waals surface area contributed by atoms with Gasteiger partial charge < -0.3 is 10.6 Å². The summed E-state index contributed by atoms with van der Waals surface area (Å²) in [6.07, 6.45) is 1.00. The Morgan fingerprint density at radius 2 is 2.06 bits per heavy atom. The fraction of sp³-hybridized carbons (Fsp3) is 0.917. The van der Waals surface area contributed by atoms with E-state index in [0.717, 1.165) is 26.1 Å². The van der Waals surface area contributed by atoms with E-state index < -0.39 is 0 Å². The second-order valence-electron chi connectivity index (χ2n) is 5.59. The van der Waals surface area contributed by atoms with Crippen molar-refractivity contribution in [1.82, 2.24) is 9.80 Å². The minimum absolute atomic E-state index is 0.142. The van der Waals surface area contributed by atoms with Crippen LogP contribution in [0.5, 0.6) is 0 Å². The molecule has 1 saturated heterocycles. The van der Waals surface area contributed by atoms with Crippen molar-refractivity contribution >= 4 is 5.91 Å². The Labute approximate surface area is 98.8 Å². The molecule has 1 amide bonds. The topological polar surface area (TPSA) is 49.6 Å². The number of carbonyl (C=O) groups excluding carboxylic acids is 1. The lowest BCUT2D eigenvalue weighted by Gasteiger charge is -2.29. The van der Waals surface area contributed by atoms with Gasteiger partial charge in [0.15, 0.2) is 0 Å². The van der Waals surface area contributed by atoms with Gasteiger partial charge in [-0.1, -0.05) is 20.8 Å². The zero-order chi connectivity index (χ0) is 12.3. The van der Waals surface area contributed by atoms with Gasteiger partial charge in [0.2, 0.25) is 5.91 Å². The van der Waals surface area contributed by atoms with E-state index in [1.165, 1.54) is 0 Å². The minimum atomic E-state index is -0.145. The smallest absolute Gasteiger partial charge is 0.241 e. The summed E-state index contributed by atoms with van der Waals surface area (Å²) in [5.41, 5.74) is 5.85. The van der Waals surface area contributed by atoms with Gasteiger partial charge in [-0.3, -0.25) is 9.69 Å². The van der Waals surface area contributed by atoms with E-state index in [9.17, 15) is 4.79 Å². The van der Waals surface area contributed by atoms with Crippen LogP contribution in [-0.4, -0.2) is 55.0 Å². The maximum atomic E-state index is 12.3. The highest BCUT2D eigenvalue weighted by molar-refractivity contribution is 5.82. The Bertz CT molecular complexity index is 253. The fourth-order valence-corrected chi connectivity index (χ4v) is 2.57. The highest BCUT2D eigenvalue weighted by Gasteiger charge is 2.36. The van der Waals surface area contributed by atoms with Gasteiger partial charge in [0, 0.05) is 26.2 Å². The largest absolute Gasteiger partial charge is 0.341 e. The molecule has 0 aliphatic carbocycles. The molecule has 1 atom stereocenters. The zero-order valence-electron chi connectivity index (χ0n) is 11.0. The molecule has 94 valence electrons. The molecular weight excluding hydrogens is 202 g/mol. The van der Waals surface area contributed by atoms with Crippen LogP contribution in [-0.2, 0) is 4.79 Å². The van der Waals surface area contributed by atoms with Gasteiger partial charge in [-0.05, 0) is 18.9 Å². The van der Waals surface area contributed by atoms with Crippen molar-refractivity contribution in [2.24, 2.45) is 11.1 Å². The van der Waals surface area contributed by atoms with Gasteiger partial charge in [-0.2, -0.15) is 0 Å². The summed E-state index contributed by atoms with van der Waals surface area (Å²) in [5.74, 6) is 0.192. The number of nitrogens with two attached hydrogens (primary N) is 1. The van der Waals surface area contributed by atoms with Gasteiger partial charge in [0.05, 0.1) is 0 Å². The van der Waals surface area contributed by atoms with Gasteiger partial charge >= 0.3 is 0 Å². The lowest BCUT2D eigenvalue weighted by atomic mass is 9.92. The Morgan fingerprint density at radius 1 is 1.44 bits per heavy atom. The minimum Gasteiger partial charge on any atom is -0.341 e. The van der Waals surface area contributed by atoms with E-state index in [1.54, 1.807) is 0 Å². The third-order valence-corrected chi connectivity index (χ3v) is 3.14. The van der Waals surface area contributed by atoms with Crippen molar-refractivity contribution in [3.05, 3.63) is 0 Å². The number of carbonyl (C=O) groups is 1. The van der Waals surface area contributed by atoms with E-state index >= 15 is 0 Å². The van der Waals surface area contributed by atoms with E-state index in [2.05, 4.69) is 25.7 Å². The SMILES string of the molecule is CCCN1CC(C)(C)CN(C)C(CN)C1=O. The molecule has 0 saturated carbocycles. The predicted octanol–water partition coefficient (Wildman–Crippen LogP) is 0.524. The second-order valence-corrected chi connectivity index (χ2v) is 5.59. The Morgan fingerprint density at radius 3 is 2.56 bits per heavy atom. The third-order valence-electron chi connectivity index (χ3n) is 3.14. The molecule has 2 N–H and O–H groups in total. The van der Waals surface area contributed by atoms with Gasteiger partial charge in [-0.25, -0.2) is 0 Å². The van der Waals surface area contributed by atoms with Crippen molar-refractivity contribution in [3.8, 4) is 0 Å². The second kappa shape index (κ2) is 5.15. The standard InChI is InChI=1S/C12H25N3O/c1-5-6-15-9-12(2,3)8-14(4)10(7-13)11(15)16/h10H,5-9,13H2,1-4H3. The molecule has 0 spiro atoms. The molecule has 1 aliphatic rings. The highest BCUT2D eigenvalue weighted by Crippen LogP contribution is 2.24. The summed E-state index contributed by atoms with van der Waals surface area (Å²) in [7, 11) is 1.99. The van der Waals surface area contributed by atoms with Crippen LogP contribution < -0.4 is 5.73 Å². The molecule has 1 fully saturated rings. The van der Waals surface area contributed by atoms with Crippen molar-refractivity contribution in [1.29, 1.82) is 0 Å². The Hall–Kier alpha value is -0.610. The first kappa shape index (κ1) is 13.5. The van der Waals surface area contributed by atoms with E-state index in [4.69, 9.17) is 5.73 Å². The summed E-state index contributed by atoms with van der Waals surface area (Å²) in [6.45, 7) is 9.52. The first-order valence-corrected chi connectivity index (χ1v) is 6.10. The van der Waals surface area contributed by atoms with Gasteiger partial charge in [-0.15, -0.1) is 0 Å². The lowest BCUT2D eigenvalue weighted by Crippen LogP contribution is -2.48. The maximum Gasteiger partial charge on any atom is 0.241 e. The molecule has 0 bridgehead atoms. The van der Waals surface area contributed by atoms with Crippen molar-refractivity contribution in [3.63, 3.8) is 0 Å². The molecule has 1 unspecified atom stereocenters. The monoisotopic (exact) mass is 227 g/mol. The summed E-state index contributed by atoms with van der Waals surface area (Å²) < 4.78 is 0. The molecule has 0 aromatic heterocycles. The number of rotatable bonds is 3. The molecule has 1 rings (SSSR count). The van der Waals surface area contributed by atoms with Crippen LogP contribution in [0.1, 0.15) is 27.2 Å². The molecular formula is C12H25N3O. The van der Waals surface area contributed by atoms with Crippen LogP contribution >= 0.6 is 0 Å². The van der Waals surface area contributed by atoms with Crippen molar-refractivity contribution in [2.75, 3.05) is 33.2 Å². The molecule has 4 heteroatoms. The fourth-order valence-electron chi connectivity index (χ4n) is 2.57. The van der Waals surface area contributed by atoms with E-state index in [0.29, 0.717) is 6.54 Å². The number of amides is 1. The lowest BCUT2D eigenvalue weighted by molar-refractivity contribution is -0.135. The van der Waals surface area contributed by atoms with E-state index in [-0.39, 0.29) is 17.4 Å². The van der Waals surface area contributed by atoms with Crippen LogP contribution in [0.4, 0.5) is 0 Å². The van der Waals surface area contributed by atoms with Gasteiger partial charge in [0.1, 0.15) is 6.04 Å². The zero-order valence-corrected chi connectivity index (χ0v) is 11.0. The molecule has 1 aliphatic heterocycles. The van der Waals surface area contributed by atoms with Crippen molar-refractivity contribution in [2.45, 2.75) is 33.2 Å². The summed E-state index contributed by atoms with van der Waals surface area (Å²) in [4.78, 5) is 16.3. The average Bonchev–Trinajstić information content (AvgIpc) is 2.23. The van der Waals surface area contributed by atoms with Crippen LogP contribution in [0.3, 0.4) is 0 Å². The van der Waals surface area contributed by atoms with Crippen LogP contribution in [0.2, 0.25) is 0 Å². The Kier molecular flexibility index (Phi) is 4.33. The number of hydrogen-bond acceptors (Lipinski definition) is 3. The molecule has 1 heterocycles. The average molecular weight is 227 g/mol. The maximum absolute atomic E-state index is 12.3. The molecule has 0 radical (unpaired) electrons. The number of likely N-dealkylation sites (N-methyl/N-ethyl adjacent to an activating group) is 1. The summed E-state index contributed by atoms with van der Waals surface area (Å²) in [5, 5.41) is 0. The summed E-state index contributed by atoms with van der Waals surface area (Å²) in [6, 6.07) is -0.145. The molecule has 0 aromatic rings. The normalized spacial score (nSPS) is 26.9. The van der Waals surface area contributed by atoms with Crippen LogP contribution in [0, 0.1) is 5.41 Å². The number of nitrogens with zero attached hydrogens (tertiary/aromatic N) is 2. The third kappa shape index (κ3) is 2.95. The van der Waals surface area contributed by atoms with Crippen molar-refractivity contribution < 1.29 is 4.79 Å². The number of hydrogen-bond donors (Lipinski definition) is 1. The molecule has 0 aromatic carbocycles. The molecule has 4 nitrogen and oxygen atoms in total.